The quantitative estimate of drug-likeness (QED) is 0.783. The lowest BCUT2D eigenvalue weighted by molar-refractivity contribution is 0.175. The summed E-state index contributed by atoms with van der Waals surface area (Å²) in [6.07, 6.45) is 4.56. The van der Waals surface area contributed by atoms with Crippen LogP contribution in [0, 0.1) is 16.7 Å². The second-order valence-electron chi connectivity index (χ2n) is 9.01. The number of aromatic nitrogens is 2. The first-order chi connectivity index (χ1) is 13.8. The van der Waals surface area contributed by atoms with E-state index in [1.165, 1.54) is 11.1 Å². The monoisotopic (exact) mass is 409 g/mol. The van der Waals surface area contributed by atoms with Gasteiger partial charge >= 0.3 is 0 Å². The van der Waals surface area contributed by atoms with Crippen LogP contribution in [0.4, 0.5) is 5.95 Å². The summed E-state index contributed by atoms with van der Waals surface area (Å²) < 4.78 is 16.1. The van der Waals surface area contributed by atoms with Gasteiger partial charge in [-0.25, -0.2) is 9.97 Å². The highest BCUT2D eigenvalue weighted by Gasteiger charge is 2.50. The molecule has 152 valence electrons. The molecule has 1 N–H and O–H groups in total. The van der Waals surface area contributed by atoms with Crippen molar-refractivity contribution in [1.29, 1.82) is 5.26 Å². The zero-order valence-corrected chi connectivity index (χ0v) is 18.0. The highest BCUT2D eigenvalue weighted by atomic mass is 32.2. The molecule has 1 aromatic carbocycles. The van der Waals surface area contributed by atoms with E-state index < -0.39 is 11.4 Å². The van der Waals surface area contributed by atoms with Crippen LogP contribution >= 0.6 is 0 Å². The average Bonchev–Trinajstić information content (AvgIpc) is 3.01. The maximum Gasteiger partial charge on any atom is 0.226 e. The summed E-state index contributed by atoms with van der Waals surface area (Å²) in [6.45, 7) is 7.66. The van der Waals surface area contributed by atoms with Crippen molar-refractivity contribution in [2.75, 3.05) is 18.0 Å². The van der Waals surface area contributed by atoms with Crippen molar-refractivity contribution in [3.8, 4) is 6.07 Å². The van der Waals surface area contributed by atoms with Gasteiger partial charge in [0.2, 0.25) is 5.95 Å². The second-order valence-corrected chi connectivity index (χ2v) is 11.0. The molecule has 0 bridgehead atoms. The molecule has 4 rings (SSSR count). The molecule has 0 unspecified atom stereocenters. The third kappa shape index (κ3) is 3.85. The van der Waals surface area contributed by atoms with Crippen LogP contribution in [0.3, 0.4) is 0 Å². The summed E-state index contributed by atoms with van der Waals surface area (Å²) in [6, 6.07) is 12.3. The van der Waals surface area contributed by atoms with Crippen LogP contribution in [0.1, 0.15) is 56.5 Å². The van der Waals surface area contributed by atoms with Gasteiger partial charge in [-0.15, -0.1) is 4.72 Å². The number of benzene rings is 1. The van der Waals surface area contributed by atoms with Gasteiger partial charge in [0.15, 0.2) is 0 Å². The molecular formula is C22H27N5OS. The maximum atomic E-state index is 13.0. The van der Waals surface area contributed by atoms with Crippen molar-refractivity contribution in [3.63, 3.8) is 0 Å². The van der Waals surface area contributed by atoms with Gasteiger partial charge < -0.3 is 9.45 Å². The van der Waals surface area contributed by atoms with Gasteiger partial charge in [-0.2, -0.15) is 5.26 Å². The zero-order chi connectivity index (χ0) is 20.6. The van der Waals surface area contributed by atoms with Crippen molar-refractivity contribution in [1.82, 2.24) is 14.7 Å². The fourth-order valence-electron chi connectivity index (χ4n) is 4.44. The van der Waals surface area contributed by atoms with Gasteiger partial charge in [-0.3, -0.25) is 0 Å². The van der Waals surface area contributed by atoms with E-state index in [9.17, 15) is 4.55 Å². The number of hydrogen-bond donors (Lipinski definition) is 1. The minimum atomic E-state index is -1.14. The van der Waals surface area contributed by atoms with Gasteiger partial charge in [-0.05, 0) is 57.2 Å². The van der Waals surface area contributed by atoms with E-state index >= 15 is 0 Å². The first-order valence-electron chi connectivity index (χ1n) is 10.1. The summed E-state index contributed by atoms with van der Waals surface area (Å²) in [5.41, 5.74) is 3.06. The number of nitrogens with zero attached hydrogens (tertiary/aromatic N) is 4. The Kier molecular flexibility index (Phi) is 5.28. The predicted octanol–water partition coefficient (Wildman–Crippen LogP) is 3.28. The van der Waals surface area contributed by atoms with E-state index in [0.29, 0.717) is 11.6 Å². The molecule has 7 heteroatoms. The van der Waals surface area contributed by atoms with E-state index in [0.717, 1.165) is 32.4 Å². The molecule has 1 fully saturated rings. The van der Waals surface area contributed by atoms with Crippen LogP contribution < -0.4 is 9.62 Å². The van der Waals surface area contributed by atoms with Gasteiger partial charge in [0.25, 0.3) is 0 Å². The molecule has 1 aliphatic carbocycles. The van der Waals surface area contributed by atoms with Crippen molar-refractivity contribution in [3.05, 3.63) is 53.3 Å². The first kappa shape index (κ1) is 20.1. The smallest absolute Gasteiger partial charge is 0.226 e. The standard InChI is InChI=1S/C22H27N5OS/c1-21(2,3)29(28)26-19-18-7-5-4-6-16(18)14-22(19)9-12-27(13-10-22)20-24-11-8-17(15-23)25-20/h4-8,11,19,26H,9-10,12-14H2,1-3H3/t19-,29-/m1/s1. The minimum Gasteiger partial charge on any atom is -0.598 e. The Labute approximate surface area is 175 Å². The van der Waals surface area contributed by atoms with Crippen molar-refractivity contribution < 1.29 is 4.55 Å². The van der Waals surface area contributed by atoms with Crippen molar-refractivity contribution in [2.24, 2.45) is 5.41 Å². The lowest BCUT2D eigenvalue weighted by Crippen LogP contribution is -2.50. The van der Waals surface area contributed by atoms with Crippen LogP contribution in [-0.4, -0.2) is 32.4 Å². The lowest BCUT2D eigenvalue weighted by atomic mass is 9.73. The molecule has 1 aliphatic heterocycles. The summed E-state index contributed by atoms with van der Waals surface area (Å²) in [5, 5.41) is 9.12. The summed E-state index contributed by atoms with van der Waals surface area (Å²) >= 11 is -1.14. The van der Waals surface area contributed by atoms with Gasteiger partial charge in [-0.1, -0.05) is 24.3 Å². The highest BCUT2D eigenvalue weighted by molar-refractivity contribution is 7.90. The summed E-state index contributed by atoms with van der Waals surface area (Å²) in [4.78, 5) is 10.9. The first-order valence-corrected chi connectivity index (χ1v) is 11.2. The molecular weight excluding hydrogens is 382 g/mol. The van der Waals surface area contributed by atoms with E-state index in [-0.39, 0.29) is 16.2 Å². The molecule has 2 aliphatic rings. The molecule has 0 amide bonds. The molecule has 0 saturated carbocycles. The average molecular weight is 410 g/mol. The maximum absolute atomic E-state index is 13.0. The van der Waals surface area contributed by atoms with Crippen LogP contribution in [0.2, 0.25) is 0 Å². The third-order valence-electron chi connectivity index (χ3n) is 6.10. The number of nitrogens with one attached hydrogen (secondary N) is 1. The number of rotatable bonds is 3. The van der Waals surface area contributed by atoms with E-state index in [2.05, 4.69) is 49.9 Å². The number of hydrogen-bond acceptors (Lipinski definition) is 6. The summed E-state index contributed by atoms with van der Waals surface area (Å²) in [7, 11) is 0. The van der Waals surface area contributed by atoms with Gasteiger partial charge in [0, 0.05) is 36.1 Å². The van der Waals surface area contributed by atoms with Crippen LogP contribution in [0.25, 0.3) is 0 Å². The van der Waals surface area contributed by atoms with Crippen LogP contribution in [0.5, 0.6) is 0 Å². The Morgan fingerprint density at radius 1 is 1.24 bits per heavy atom. The van der Waals surface area contributed by atoms with Gasteiger partial charge in [0.1, 0.15) is 16.5 Å². The van der Waals surface area contributed by atoms with Crippen LogP contribution in [0.15, 0.2) is 36.5 Å². The van der Waals surface area contributed by atoms with Gasteiger partial charge in [0.05, 0.1) is 6.04 Å². The zero-order valence-electron chi connectivity index (χ0n) is 17.2. The molecule has 6 nitrogen and oxygen atoms in total. The number of piperidine rings is 1. The Bertz CT molecular complexity index is 927. The SMILES string of the molecule is CC(C)(C)[S@@+]([O-])N[C@@H]1c2ccccc2CC12CCN(c1nccc(C#N)n1)CC2. The molecule has 2 atom stereocenters. The second kappa shape index (κ2) is 7.60. The Hall–Kier alpha value is -2.14. The lowest BCUT2D eigenvalue weighted by Gasteiger charge is -2.43. The topological polar surface area (TPSA) is 87.9 Å². The molecule has 2 heterocycles. The number of anilines is 1. The molecule has 29 heavy (non-hydrogen) atoms. The largest absolute Gasteiger partial charge is 0.598 e. The Morgan fingerprint density at radius 3 is 2.66 bits per heavy atom. The molecule has 2 aromatic rings. The summed E-state index contributed by atoms with van der Waals surface area (Å²) in [5.74, 6) is 0.622. The molecule has 1 saturated heterocycles. The Morgan fingerprint density at radius 2 is 1.97 bits per heavy atom. The van der Waals surface area contributed by atoms with E-state index in [1.807, 2.05) is 20.8 Å². The number of fused-ring (bicyclic) bond motifs is 1. The fraction of sp³-hybridized carbons (Fsp3) is 0.500. The van der Waals surface area contributed by atoms with Crippen LogP contribution in [-0.2, 0) is 17.8 Å². The van der Waals surface area contributed by atoms with Crippen molar-refractivity contribution in [2.45, 2.75) is 50.8 Å². The van der Waals surface area contributed by atoms with E-state index in [4.69, 9.17) is 5.26 Å². The molecule has 0 radical (unpaired) electrons. The fourth-order valence-corrected chi connectivity index (χ4v) is 5.39. The normalized spacial score (nSPS) is 21.6. The predicted molar refractivity (Wildman–Crippen MR) is 115 cm³/mol. The Balaban J connectivity index is 1.57. The highest BCUT2D eigenvalue weighted by Crippen LogP contribution is 2.52. The molecule has 1 aromatic heterocycles. The van der Waals surface area contributed by atoms with Crippen molar-refractivity contribution >= 4 is 17.3 Å². The number of nitriles is 1. The van der Waals surface area contributed by atoms with E-state index in [1.54, 1.807) is 12.3 Å². The third-order valence-corrected chi connectivity index (χ3v) is 7.66. The minimum absolute atomic E-state index is 0.0357. The molecule has 1 spiro atoms.